The van der Waals surface area contributed by atoms with E-state index >= 15 is 0 Å². The van der Waals surface area contributed by atoms with Gasteiger partial charge in [0.25, 0.3) is 5.56 Å². The van der Waals surface area contributed by atoms with Crippen molar-refractivity contribution < 1.29 is 0 Å². The summed E-state index contributed by atoms with van der Waals surface area (Å²) < 4.78 is 1.35. The molecule has 2 aromatic carbocycles. The fourth-order valence-electron chi connectivity index (χ4n) is 2.47. The Balaban J connectivity index is 1.91. The van der Waals surface area contributed by atoms with Gasteiger partial charge in [-0.3, -0.25) is 4.79 Å². The molecule has 0 atom stereocenters. The van der Waals surface area contributed by atoms with Crippen molar-refractivity contribution in [1.29, 1.82) is 0 Å². The number of hydrogen-bond donors (Lipinski definition) is 0. The average Bonchev–Trinajstić information content (AvgIpc) is 3.17. The summed E-state index contributed by atoms with van der Waals surface area (Å²) in [7, 11) is 0. The predicted molar refractivity (Wildman–Crippen MR) is 104 cm³/mol. The molecule has 0 radical (unpaired) electrons. The zero-order valence-electron chi connectivity index (χ0n) is 13.0. The first-order valence-corrected chi connectivity index (χ1v) is 8.84. The van der Waals surface area contributed by atoms with Crippen LogP contribution in [-0.2, 0) is 0 Å². The molecule has 2 heterocycles. The number of para-hydroxylation sites is 1. The van der Waals surface area contributed by atoms with E-state index in [1.54, 1.807) is 24.4 Å². The minimum absolute atomic E-state index is 0.195. The quantitative estimate of drug-likeness (QED) is 0.496. The second-order valence-electron chi connectivity index (χ2n) is 5.34. The predicted octanol–water partition coefficient (Wildman–Crippen LogP) is 4.66. The lowest BCUT2D eigenvalue weighted by molar-refractivity contribution is 0.832. The first-order valence-electron chi connectivity index (χ1n) is 7.58. The van der Waals surface area contributed by atoms with Crippen LogP contribution in [0, 0.1) is 0 Å². The molecular weight excluding hydrogens is 354 g/mol. The third-order valence-corrected chi connectivity index (χ3v) is 4.81. The fourth-order valence-corrected chi connectivity index (χ4v) is 3.29. The maximum absolute atomic E-state index is 12.9. The lowest BCUT2D eigenvalue weighted by atomic mass is 10.2. The highest BCUT2D eigenvalue weighted by atomic mass is 35.5. The molecule has 0 amide bonds. The summed E-state index contributed by atoms with van der Waals surface area (Å²) in [6.07, 6.45) is 1.63. The number of fused-ring (bicyclic) bond motifs is 1. The number of aromatic nitrogens is 2. The van der Waals surface area contributed by atoms with Gasteiger partial charge in [0.05, 0.1) is 22.0 Å². The van der Waals surface area contributed by atoms with Crippen molar-refractivity contribution in [3.8, 4) is 10.7 Å². The molecule has 0 spiro atoms. The normalized spacial score (nSPS) is 11.4. The minimum atomic E-state index is -0.195. The second kappa shape index (κ2) is 6.63. The van der Waals surface area contributed by atoms with Crippen molar-refractivity contribution in [2.75, 3.05) is 0 Å². The maximum Gasteiger partial charge on any atom is 0.282 e. The van der Waals surface area contributed by atoms with Crippen LogP contribution in [0.4, 0.5) is 0 Å². The Morgan fingerprint density at radius 2 is 1.84 bits per heavy atom. The number of thiophene rings is 1. The molecule has 0 bridgehead atoms. The molecule has 0 N–H and O–H groups in total. The topological polar surface area (TPSA) is 47.2 Å². The summed E-state index contributed by atoms with van der Waals surface area (Å²) in [6, 6.07) is 18.4. The van der Waals surface area contributed by atoms with Crippen LogP contribution in [0.15, 0.2) is 75.9 Å². The van der Waals surface area contributed by atoms with Crippen LogP contribution < -0.4 is 5.56 Å². The summed E-state index contributed by atoms with van der Waals surface area (Å²) >= 11 is 7.42. The van der Waals surface area contributed by atoms with Crippen molar-refractivity contribution >= 4 is 40.1 Å². The fraction of sp³-hybridized carbons (Fsp3) is 0. The van der Waals surface area contributed by atoms with Crippen LogP contribution in [0.2, 0.25) is 5.02 Å². The van der Waals surface area contributed by atoms with Crippen LogP contribution in [0.5, 0.6) is 0 Å². The van der Waals surface area contributed by atoms with Gasteiger partial charge in [-0.15, -0.1) is 11.3 Å². The number of benzene rings is 2. The van der Waals surface area contributed by atoms with Gasteiger partial charge in [0.2, 0.25) is 0 Å². The lowest BCUT2D eigenvalue weighted by Gasteiger charge is -2.07. The standard InChI is InChI=1S/C19H12ClN3OS/c20-14-9-7-13(8-10-14)12-21-23-18(17-6-3-11-25-17)22-16-5-2-1-4-15(16)19(23)24/h1-12H/b21-12+. The summed E-state index contributed by atoms with van der Waals surface area (Å²) in [6.45, 7) is 0. The van der Waals surface area contributed by atoms with Crippen LogP contribution in [0.1, 0.15) is 5.56 Å². The molecule has 0 aliphatic heterocycles. The van der Waals surface area contributed by atoms with Gasteiger partial charge in [0, 0.05) is 5.02 Å². The highest BCUT2D eigenvalue weighted by molar-refractivity contribution is 7.13. The maximum atomic E-state index is 12.9. The summed E-state index contributed by atoms with van der Waals surface area (Å²) in [4.78, 5) is 18.4. The molecule has 0 unspecified atom stereocenters. The van der Waals surface area contributed by atoms with Crippen LogP contribution in [0.25, 0.3) is 21.6 Å². The van der Waals surface area contributed by atoms with E-state index in [4.69, 9.17) is 11.6 Å². The first kappa shape index (κ1) is 15.7. The molecule has 25 heavy (non-hydrogen) atoms. The zero-order valence-corrected chi connectivity index (χ0v) is 14.5. The monoisotopic (exact) mass is 365 g/mol. The number of halogens is 1. The summed E-state index contributed by atoms with van der Waals surface area (Å²) in [5.41, 5.74) is 1.31. The number of hydrogen-bond acceptors (Lipinski definition) is 4. The van der Waals surface area contributed by atoms with Gasteiger partial charge in [-0.05, 0) is 41.3 Å². The van der Waals surface area contributed by atoms with E-state index in [0.717, 1.165) is 10.4 Å². The molecule has 0 fully saturated rings. The first-order chi connectivity index (χ1) is 12.2. The minimum Gasteiger partial charge on any atom is -0.267 e. The van der Waals surface area contributed by atoms with Gasteiger partial charge in [0.1, 0.15) is 0 Å². The molecule has 122 valence electrons. The lowest BCUT2D eigenvalue weighted by Crippen LogP contribution is -2.20. The van der Waals surface area contributed by atoms with E-state index in [0.29, 0.717) is 21.7 Å². The van der Waals surface area contributed by atoms with E-state index in [1.807, 2.05) is 47.8 Å². The van der Waals surface area contributed by atoms with Gasteiger partial charge < -0.3 is 0 Å². The third kappa shape index (κ3) is 3.12. The second-order valence-corrected chi connectivity index (χ2v) is 6.73. The number of rotatable bonds is 3. The van der Waals surface area contributed by atoms with Crippen molar-refractivity contribution in [3.05, 3.63) is 87.0 Å². The third-order valence-electron chi connectivity index (χ3n) is 3.69. The highest BCUT2D eigenvalue weighted by Crippen LogP contribution is 2.23. The van der Waals surface area contributed by atoms with E-state index in [2.05, 4.69) is 10.1 Å². The van der Waals surface area contributed by atoms with Gasteiger partial charge in [-0.1, -0.05) is 41.9 Å². The Bertz CT molecular complexity index is 1120. The van der Waals surface area contributed by atoms with Gasteiger partial charge in [-0.25, -0.2) is 4.98 Å². The van der Waals surface area contributed by atoms with Crippen molar-refractivity contribution in [2.24, 2.45) is 5.10 Å². The van der Waals surface area contributed by atoms with Crippen molar-refractivity contribution in [2.45, 2.75) is 0 Å². The molecule has 4 aromatic rings. The average molecular weight is 366 g/mol. The van der Waals surface area contributed by atoms with E-state index in [-0.39, 0.29) is 5.56 Å². The molecule has 4 rings (SSSR count). The number of nitrogens with zero attached hydrogens (tertiary/aromatic N) is 3. The van der Waals surface area contributed by atoms with Gasteiger partial charge in [-0.2, -0.15) is 9.78 Å². The largest absolute Gasteiger partial charge is 0.282 e. The molecule has 0 saturated carbocycles. The zero-order chi connectivity index (χ0) is 17.2. The molecule has 4 nitrogen and oxygen atoms in total. The Kier molecular flexibility index (Phi) is 4.17. The van der Waals surface area contributed by atoms with Crippen LogP contribution >= 0.6 is 22.9 Å². The molecule has 0 saturated heterocycles. The Labute approximate surface area is 152 Å². The SMILES string of the molecule is O=c1c2ccccc2nc(-c2cccs2)n1/N=C/c1ccc(Cl)cc1. The molecule has 6 heteroatoms. The van der Waals surface area contributed by atoms with E-state index in [1.165, 1.54) is 16.0 Å². The van der Waals surface area contributed by atoms with E-state index in [9.17, 15) is 4.79 Å². The molecule has 2 aromatic heterocycles. The molecular formula is C19H12ClN3OS. The van der Waals surface area contributed by atoms with Crippen LogP contribution in [-0.4, -0.2) is 15.9 Å². The Morgan fingerprint density at radius 1 is 1.04 bits per heavy atom. The van der Waals surface area contributed by atoms with Crippen LogP contribution in [0.3, 0.4) is 0 Å². The summed E-state index contributed by atoms with van der Waals surface area (Å²) in [5, 5.41) is 7.53. The van der Waals surface area contributed by atoms with Crippen molar-refractivity contribution in [3.63, 3.8) is 0 Å². The smallest absolute Gasteiger partial charge is 0.267 e. The molecule has 0 aliphatic carbocycles. The Morgan fingerprint density at radius 3 is 2.60 bits per heavy atom. The van der Waals surface area contributed by atoms with E-state index < -0.39 is 0 Å². The highest BCUT2D eigenvalue weighted by Gasteiger charge is 2.12. The summed E-state index contributed by atoms with van der Waals surface area (Å²) in [5.74, 6) is 0.531. The van der Waals surface area contributed by atoms with Gasteiger partial charge >= 0.3 is 0 Å². The van der Waals surface area contributed by atoms with Crippen molar-refractivity contribution in [1.82, 2.24) is 9.66 Å². The Hall–Kier alpha value is -2.76. The molecule has 0 aliphatic rings. The van der Waals surface area contributed by atoms with Gasteiger partial charge in [0.15, 0.2) is 5.82 Å².